The van der Waals surface area contributed by atoms with Crippen LogP contribution in [-0.4, -0.2) is 35.4 Å². The molecule has 0 aliphatic carbocycles. The van der Waals surface area contributed by atoms with Crippen molar-refractivity contribution in [1.29, 1.82) is 0 Å². The summed E-state index contributed by atoms with van der Waals surface area (Å²) < 4.78 is 0. The van der Waals surface area contributed by atoms with E-state index in [1.807, 2.05) is 5.38 Å². The molecule has 2 bridgehead atoms. The first kappa shape index (κ1) is 12.1. The number of aromatic nitrogens is 1. The van der Waals surface area contributed by atoms with Gasteiger partial charge < -0.3 is 10.2 Å². The molecule has 18 heavy (non-hydrogen) atoms. The quantitative estimate of drug-likeness (QED) is 0.903. The molecule has 2 aliphatic heterocycles. The van der Waals surface area contributed by atoms with Gasteiger partial charge in [-0.2, -0.15) is 0 Å². The molecule has 0 aromatic carbocycles. The van der Waals surface area contributed by atoms with E-state index in [0.29, 0.717) is 6.54 Å². The Labute approximate surface area is 111 Å². The van der Waals surface area contributed by atoms with Gasteiger partial charge in [0.1, 0.15) is 5.01 Å². The summed E-state index contributed by atoms with van der Waals surface area (Å²) in [7, 11) is 0. The number of thiazole rings is 1. The molecule has 0 atom stereocenters. The minimum Gasteiger partial charge on any atom is -0.349 e. The van der Waals surface area contributed by atoms with Crippen LogP contribution in [0, 0.1) is 5.41 Å². The van der Waals surface area contributed by atoms with Crippen molar-refractivity contribution in [1.82, 2.24) is 15.2 Å². The molecule has 5 heteroatoms. The Morgan fingerprint density at radius 2 is 2.22 bits per heavy atom. The Bertz CT molecular complexity index is 408. The van der Waals surface area contributed by atoms with Gasteiger partial charge in [0.15, 0.2) is 0 Å². The molecule has 98 valence electrons. The van der Waals surface area contributed by atoms with Gasteiger partial charge in [-0.25, -0.2) is 4.98 Å². The smallest absolute Gasteiger partial charge is 0.227 e. The van der Waals surface area contributed by atoms with Crippen LogP contribution in [0.15, 0.2) is 11.6 Å². The van der Waals surface area contributed by atoms with E-state index in [9.17, 15) is 4.79 Å². The van der Waals surface area contributed by atoms with Crippen molar-refractivity contribution in [3.05, 3.63) is 16.6 Å². The lowest BCUT2D eigenvalue weighted by molar-refractivity contribution is -0.137. The van der Waals surface area contributed by atoms with Crippen molar-refractivity contribution in [3.63, 3.8) is 0 Å². The number of carbonyl (C=O) groups is 1. The van der Waals surface area contributed by atoms with Crippen LogP contribution in [0.1, 0.15) is 30.7 Å². The van der Waals surface area contributed by atoms with Gasteiger partial charge in [0, 0.05) is 18.1 Å². The highest BCUT2D eigenvalue weighted by molar-refractivity contribution is 7.09. The second-order valence-corrected chi connectivity index (χ2v) is 6.35. The molecule has 4 nitrogen and oxygen atoms in total. The van der Waals surface area contributed by atoms with Crippen molar-refractivity contribution < 1.29 is 4.79 Å². The molecule has 3 rings (SSSR count). The third-order valence-electron chi connectivity index (χ3n) is 4.15. The zero-order valence-electron chi connectivity index (χ0n) is 10.5. The van der Waals surface area contributed by atoms with Crippen LogP contribution in [0.4, 0.5) is 0 Å². The van der Waals surface area contributed by atoms with E-state index in [-0.39, 0.29) is 11.3 Å². The van der Waals surface area contributed by atoms with Crippen molar-refractivity contribution in [3.8, 4) is 0 Å². The third-order valence-corrected chi connectivity index (χ3v) is 4.93. The number of fused-ring (bicyclic) bond motifs is 2. The van der Waals surface area contributed by atoms with Gasteiger partial charge in [0.25, 0.3) is 0 Å². The molecule has 2 fully saturated rings. The number of rotatable bonds is 3. The van der Waals surface area contributed by atoms with Gasteiger partial charge in [-0.3, -0.25) is 4.79 Å². The summed E-state index contributed by atoms with van der Waals surface area (Å²) in [6, 6.07) is 0. The molecule has 1 aromatic heterocycles. The van der Waals surface area contributed by atoms with Gasteiger partial charge in [0.2, 0.25) is 5.91 Å². The first-order valence-electron chi connectivity index (χ1n) is 6.68. The number of nitrogens with one attached hydrogen (secondary N) is 1. The Kier molecular flexibility index (Phi) is 3.35. The van der Waals surface area contributed by atoms with Crippen LogP contribution in [0.2, 0.25) is 0 Å². The van der Waals surface area contributed by atoms with Crippen LogP contribution in [0.5, 0.6) is 0 Å². The van der Waals surface area contributed by atoms with E-state index in [1.165, 1.54) is 13.1 Å². The summed E-state index contributed by atoms with van der Waals surface area (Å²) in [6.07, 6.45) is 6.20. The highest BCUT2D eigenvalue weighted by Crippen LogP contribution is 2.38. The number of carbonyl (C=O) groups excluding carboxylic acids is 1. The second-order valence-electron chi connectivity index (χ2n) is 5.37. The molecule has 1 amide bonds. The monoisotopic (exact) mass is 265 g/mol. The average Bonchev–Trinajstić information content (AvgIpc) is 2.89. The highest BCUT2D eigenvalue weighted by atomic mass is 32.1. The molecule has 3 heterocycles. The molecule has 1 aromatic rings. The fraction of sp³-hybridized carbons (Fsp3) is 0.692. The zero-order valence-corrected chi connectivity index (χ0v) is 11.3. The summed E-state index contributed by atoms with van der Waals surface area (Å²) in [5.74, 6) is 0.238. The maximum absolute atomic E-state index is 12.5. The Morgan fingerprint density at radius 3 is 2.89 bits per heavy atom. The van der Waals surface area contributed by atoms with Crippen LogP contribution in [0.3, 0.4) is 0 Å². The topological polar surface area (TPSA) is 45.2 Å². The summed E-state index contributed by atoms with van der Waals surface area (Å²) >= 11 is 1.60. The Balaban J connectivity index is 1.63. The predicted molar refractivity (Wildman–Crippen MR) is 71.3 cm³/mol. The predicted octanol–water partition coefficient (Wildman–Crippen LogP) is 1.64. The largest absolute Gasteiger partial charge is 0.349 e. The molecule has 2 aliphatic rings. The van der Waals surface area contributed by atoms with Crippen LogP contribution >= 0.6 is 11.3 Å². The van der Waals surface area contributed by atoms with Crippen LogP contribution in [0.25, 0.3) is 0 Å². The lowest BCUT2D eigenvalue weighted by Crippen LogP contribution is -2.54. The van der Waals surface area contributed by atoms with Crippen LogP contribution in [-0.2, 0) is 11.3 Å². The summed E-state index contributed by atoms with van der Waals surface area (Å²) in [4.78, 5) is 19.1. The Hall–Kier alpha value is -0.940. The van der Waals surface area contributed by atoms with E-state index in [4.69, 9.17) is 0 Å². The fourth-order valence-electron chi connectivity index (χ4n) is 3.25. The Morgan fingerprint density at radius 1 is 1.44 bits per heavy atom. The number of hydrogen-bond acceptors (Lipinski definition) is 4. The summed E-state index contributed by atoms with van der Waals surface area (Å²) in [5.41, 5.74) is -0.117. The molecule has 1 N–H and O–H groups in total. The third kappa shape index (κ3) is 2.29. The molecule has 0 unspecified atom stereocenters. The first-order valence-corrected chi connectivity index (χ1v) is 7.56. The fourth-order valence-corrected chi connectivity index (χ4v) is 3.80. The first-order chi connectivity index (χ1) is 8.78. The lowest BCUT2D eigenvalue weighted by Gasteiger charge is -2.45. The SMILES string of the molecule is O=C(NCc1nccs1)C12CCCN(CCC1)C2. The summed E-state index contributed by atoms with van der Waals surface area (Å²) in [6.45, 7) is 3.87. The molecule has 0 radical (unpaired) electrons. The van der Waals surface area contributed by atoms with Crippen molar-refractivity contribution in [2.45, 2.75) is 32.2 Å². The average molecular weight is 265 g/mol. The van der Waals surface area contributed by atoms with Crippen molar-refractivity contribution >= 4 is 17.2 Å². The van der Waals surface area contributed by atoms with Crippen LogP contribution < -0.4 is 5.32 Å². The number of nitrogens with zero attached hydrogens (tertiary/aromatic N) is 2. The number of piperidine rings is 2. The van der Waals surface area contributed by atoms with Crippen molar-refractivity contribution in [2.24, 2.45) is 5.41 Å². The molecule has 0 saturated carbocycles. The van der Waals surface area contributed by atoms with E-state index in [1.54, 1.807) is 17.5 Å². The van der Waals surface area contributed by atoms with Gasteiger partial charge in [-0.1, -0.05) is 0 Å². The van der Waals surface area contributed by atoms with Gasteiger partial charge >= 0.3 is 0 Å². The van der Waals surface area contributed by atoms with E-state index in [0.717, 1.165) is 37.2 Å². The normalized spacial score (nSPS) is 31.0. The maximum Gasteiger partial charge on any atom is 0.227 e. The van der Waals surface area contributed by atoms with E-state index >= 15 is 0 Å². The van der Waals surface area contributed by atoms with E-state index in [2.05, 4.69) is 15.2 Å². The zero-order chi connectivity index (χ0) is 12.4. The minimum atomic E-state index is -0.117. The highest BCUT2D eigenvalue weighted by Gasteiger charge is 2.43. The van der Waals surface area contributed by atoms with Gasteiger partial charge in [-0.15, -0.1) is 11.3 Å². The molecular weight excluding hydrogens is 246 g/mol. The number of hydrogen-bond donors (Lipinski definition) is 1. The lowest BCUT2D eigenvalue weighted by atomic mass is 9.73. The standard InChI is InChI=1S/C13H19N3OS/c17-12(15-9-11-14-5-8-18-11)13-3-1-6-16(10-13)7-2-4-13/h5,8H,1-4,6-7,9-10H2,(H,15,17). The number of amides is 1. The van der Waals surface area contributed by atoms with Crippen molar-refractivity contribution in [2.75, 3.05) is 19.6 Å². The molecular formula is C13H19N3OS. The molecule has 0 spiro atoms. The van der Waals surface area contributed by atoms with Gasteiger partial charge in [-0.05, 0) is 38.8 Å². The molecule has 2 saturated heterocycles. The maximum atomic E-state index is 12.5. The second kappa shape index (κ2) is 4.97. The van der Waals surface area contributed by atoms with Gasteiger partial charge in [0.05, 0.1) is 12.0 Å². The van der Waals surface area contributed by atoms with E-state index < -0.39 is 0 Å². The minimum absolute atomic E-state index is 0.117. The summed E-state index contributed by atoms with van der Waals surface area (Å²) in [5, 5.41) is 6.02.